The van der Waals surface area contributed by atoms with E-state index < -0.39 is 11.7 Å². The van der Waals surface area contributed by atoms with E-state index in [1.54, 1.807) is 32.9 Å². The Balaban J connectivity index is 1.52. The largest absolute Gasteiger partial charge is 0.443 e. The number of H-pyrrole nitrogens is 2. The van der Waals surface area contributed by atoms with Crippen LogP contribution in [0, 0.1) is 5.82 Å². The molecule has 0 spiro atoms. The fourth-order valence-electron chi connectivity index (χ4n) is 3.96. The highest BCUT2D eigenvalue weighted by molar-refractivity contribution is 6.19. The average Bonchev–Trinajstić information content (AvgIpc) is 3.24. The van der Waals surface area contributed by atoms with Crippen molar-refractivity contribution in [3.63, 3.8) is 0 Å². The summed E-state index contributed by atoms with van der Waals surface area (Å²) >= 11 is 0. The number of aromatic amines is 2. The van der Waals surface area contributed by atoms with Gasteiger partial charge in [-0.3, -0.25) is 4.79 Å². The molecule has 1 aliphatic heterocycles. The molecule has 162 valence electrons. The first-order valence-corrected chi connectivity index (χ1v) is 10.3. The molecule has 0 bridgehead atoms. The number of nitrogens with one attached hydrogen (secondary N) is 3. The monoisotopic (exact) mass is 433 g/mol. The van der Waals surface area contributed by atoms with Crippen molar-refractivity contribution in [2.45, 2.75) is 32.9 Å². The van der Waals surface area contributed by atoms with Crippen LogP contribution in [-0.2, 0) is 11.3 Å². The maximum Gasteiger partial charge on any atom is 0.417 e. The molecule has 0 saturated carbocycles. The molecule has 2 amide bonds. The van der Waals surface area contributed by atoms with Crippen LogP contribution in [0.15, 0.2) is 48.7 Å². The number of aromatic nitrogens is 2. The molecule has 8 heteroatoms. The van der Waals surface area contributed by atoms with Crippen LogP contribution in [0.2, 0.25) is 0 Å². The van der Waals surface area contributed by atoms with Crippen LogP contribution in [0.5, 0.6) is 0 Å². The molecule has 0 saturated heterocycles. The van der Waals surface area contributed by atoms with E-state index in [1.165, 1.54) is 12.1 Å². The van der Waals surface area contributed by atoms with Gasteiger partial charge in [0.15, 0.2) is 0 Å². The molecule has 3 N–H and O–H groups in total. The van der Waals surface area contributed by atoms with E-state index >= 15 is 0 Å². The zero-order valence-electron chi connectivity index (χ0n) is 17.9. The van der Waals surface area contributed by atoms with Crippen LogP contribution in [0.3, 0.4) is 0 Å². The van der Waals surface area contributed by atoms with Crippen molar-refractivity contribution in [3.8, 4) is 0 Å². The first-order valence-electron chi connectivity index (χ1n) is 10.3. The number of fused-ring (bicyclic) bond motifs is 5. The first kappa shape index (κ1) is 20.0. The topological polar surface area (TPSA) is 88.6 Å². The smallest absolute Gasteiger partial charge is 0.417 e. The molecule has 0 radical (unpaired) electrons. The highest BCUT2D eigenvalue weighted by Crippen LogP contribution is 2.35. The third-order valence-electron chi connectivity index (χ3n) is 5.29. The SMILES string of the molecule is CC(C)(C)OC(=O)N1Cc2[nH]c3c(ccc4c[nH+]c(Nc5cccc(F)c5)cc43)c2C1=O. The van der Waals surface area contributed by atoms with E-state index in [4.69, 9.17) is 4.74 Å². The van der Waals surface area contributed by atoms with Gasteiger partial charge in [0.1, 0.15) is 17.1 Å². The number of anilines is 2. The quantitative estimate of drug-likeness (QED) is 0.470. The molecule has 0 fully saturated rings. The minimum atomic E-state index is -0.687. The fourth-order valence-corrected chi connectivity index (χ4v) is 3.96. The number of benzene rings is 2. The Bertz CT molecular complexity index is 1400. The highest BCUT2D eigenvalue weighted by Gasteiger charge is 2.38. The molecule has 3 heterocycles. The van der Waals surface area contributed by atoms with Crippen LogP contribution in [0.4, 0.5) is 20.7 Å². The van der Waals surface area contributed by atoms with Crippen molar-refractivity contribution in [2.75, 3.05) is 5.32 Å². The molecule has 0 atom stereocenters. The Hall–Kier alpha value is -3.94. The third-order valence-corrected chi connectivity index (χ3v) is 5.29. The number of ether oxygens (including phenoxy) is 1. The van der Waals surface area contributed by atoms with Gasteiger partial charge in [0.25, 0.3) is 11.7 Å². The van der Waals surface area contributed by atoms with Crippen LogP contribution < -0.4 is 10.3 Å². The van der Waals surface area contributed by atoms with Gasteiger partial charge in [0.05, 0.1) is 23.8 Å². The molecule has 0 aliphatic carbocycles. The summed E-state index contributed by atoms with van der Waals surface area (Å²) in [6.07, 6.45) is 1.19. The van der Waals surface area contributed by atoms with E-state index in [2.05, 4.69) is 15.3 Å². The molecule has 2 aromatic heterocycles. The van der Waals surface area contributed by atoms with E-state index in [9.17, 15) is 14.0 Å². The molecule has 32 heavy (non-hydrogen) atoms. The Morgan fingerprint density at radius 2 is 2.00 bits per heavy atom. The lowest BCUT2D eigenvalue weighted by Gasteiger charge is -2.23. The zero-order chi connectivity index (χ0) is 22.6. The molecule has 5 rings (SSSR count). The van der Waals surface area contributed by atoms with E-state index in [1.807, 2.05) is 24.4 Å². The summed E-state index contributed by atoms with van der Waals surface area (Å²) in [4.78, 5) is 33.1. The minimum absolute atomic E-state index is 0.132. The lowest BCUT2D eigenvalue weighted by atomic mass is 10.1. The van der Waals surface area contributed by atoms with E-state index in [0.717, 1.165) is 26.6 Å². The number of amides is 2. The number of hydrogen-bond donors (Lipinski definition) is 2. The maximum absolute atomic E-state index is 13.5. The predicted octanol–water partition coefficient (Wildman–Crippen LogP) is 4.91. The lowest BCUT2D eigenvalue weighted by molar-refractivity contribution is -0.358. The molecule has 7 nitrogen and oxygen atoms in total. The van der Waals surface area contributed by atoms with Crippen LogP contribution in [0.1, 0.15) is 36.8 Å². The Morgan fingerprint density at radius 1 is 1.19 bits per heavy atom. The number of halogens is 1. The van der Waals surface area contributed by atoms with Crippen molar-refractivity contribution in [2.24, 2.45) is 0 Å². The normalized spacial score (nSPS) is 13.6. The van der Waals surface area contributed by atoms with Crippen LogP contribution in [0.25, 0.3) is 21.7 Å². The highest BCUT2D eigenvalue weighted by atomic mass is 19.1. The zero-order valence-corrected chi connectivity index (χ0v) is 17.9. The van der Waals surface area contributed by atoms with Gasteiger partial charge in [-0.05, 0) is 39.0 Å². The summed E-state index contributed by atoms with van der Waals surface area (Å²) in [5.41, 5.74) is 1.90. The third kappa shape index (κ3) is 3.43. The fraction of sp³-hybridized carbons (Fsp3) is 0.208. The van der Waals surface area contributed by atoms with Gasteiger partial charge in [0.2, 0.25) is 0 Å². The summed E-state index contributed by atoms with van der Waals surface area (Å²) < 4.78 is 18.9. The number of pyridine rings is 1. The first-order chi connectivity index (χ1) is 15.2. The molecule has 4 aromatic rings. The van der Waals surface area contributed by atoms with Crippen molar-refractivity contribution in [1.82, 2.24) is 9.88 Å². The Morgan fingerprint density at radius 3 is 2.75 bits per heavy atom. The second-order valence-electron chi connectivity index (χ2n) is 8.82. The molecule has 2 aromatic carbocycles. The Kier molecular flexibility index (Phi) is 4.40. The minimum Gasteiger partial charge on any atom is -0.443 e. The summed E-state index contributed by atoms with van der Waals surface area (Å²) in [7, 11) is 0. The Labute approximate surface area is 183 Å². The standard InChI is InChI=1S/C24H21FN4O3/c1-24(2,3)32-23(31)29-12-18-20(22(29)30)16-8-7-13-11-26-19(10-17(13)21(16)28-18)27-15-6-4-5-14(25)9-15/h4-11,28H,12H2,1-3H3,(H,26,27)/p+1. The van der Waals surface area contributed by atoms with Crippen molar-refractivity contribution >= 4 is 45.2 Å². The number of carbonyl (C=O) groups excluding carboxylic acids is 2. The van der Waals surface area contributed by atoms with Gasteiger partial charge < -0.3 is 9.72 Å². The van der Waals surface area contributed by atoms with Crippen molar-refractivity contribution in [1.29, 1.82) is 0 Å². The van der Waals surface area contributed by atoms with Crippen LogP contribution in [-0.4, -0.2) is 27.5 Å². The van der Waals surface area contributed by atoms with Gasteiger partial charge in [-0.15, -0.1) is 0 Å². The van der Waals surface area contributed by atoms with Crippen molar-refractivity contribution in [3.05, 3.63) is 65.7 Å². The number of rotatable bonds is 2. The molecule has 0 unspecified atom stereocenters. The van der Waals surface area contributed by atoms with Gasteiger partial charge in [-0.1, -0.05) is 12.1 Å². The lowest BCUT2D eigenvalue weighted by Crippen LogP contribution is -2.37. The predicted molar refractivity (Wildman–Crippen MR) is 118 cm³/mol. The summed E-state index contributed by atoms with van der Waals surface area (Å²) in [5.74, 6) is -0.0282. The van der Waals surface area contributed by atoms with Gasteiger partial charge in [-0.2, -0.15) is 0 Å². The molecular weight excluding hydrogens is 411 g/mol. The van der Waals surface area contributed by atoms with Crippen LogP contribution >= 0.6 is 0 Å². The van der Waals surface area contributed by atoms with Crippen molar-refractivity contribution < 1.29 is 23.7 Å². The van der Waals surface area contributed by atoms with Gasteiger partial charge in [0, 0.05) is 34.0 Å². The van der Waals surface area contributed by atoms with Gasteiger partial charge in [-0.25, -0.2) is 24.4 Å². The molecule has 1 aliphatic rings. The second-order valence-corrected chi connectivity index (χ2v) is 8.82. The molecular formula is C24H22FN4O3+. The summed E-state index contributed by atoms with van der Waals surface area (Å²) in [5, 5.41) is 5.74. The number of imide groups is 1. The number of carbonyl (C=O) groups is 2. The summed E-state index contributed by atoms with van der Waals surface area (Å²) in [6, 6.07) is 11.9. The second kappa shape index (κ2) is 7.05. The maximum atomic E-state index is 13.5. The van der Waals surface area contributed by atoms with E-state index in [0.29, 0.717) is 22.8 Å². The number of nitrogens with zero attached hydrogens (tertiary/aromatic N) is 1. The summed E-state index contributed by atoms with van der Waals surface area (Å²) in [6.45, 7) is 5.42. The number of hydrogen-bond acceptors (Lipinski definition) is 4. The van der Waals surface area contributed by atoms with Gasteiger partial charge >= 0.3 is 6.09 Å². The van der Waals surface area contributed by atoms with E-state index in [-0.39, 0.29) is 18.3 Å². The average molecular weight is 433 g/mol.